The van der Waals surface area contributed by atoms with Gasteiger partial charge in [0.1, 0.15) is 10.9 Å². The van der Waals surface area contributed by atoms with Crippen LogP contribution in [0.2, 0.25) is 0 Å². The Morgan fingerprint density at radius 3 is 2.07 bits per heavy atom. The van der Waals surface area contributed by atoms with Gasteiger partial charge in [0.05, 0.1) is 0 Å². The van der Waals surface area contributed by atoms with E-state index in [1.54, 1.807) is 36.4 Å². The molecule has 0 heterocycles. The van der Waals surface area contributed by atoms with Gasteiger partial charge in [-0.25, -0.2) is 0 Å². The predicted octanol–water partition coefficient (Wildman–Crippen LogP) is 8.19. The van der Waals surface area contributed by atoms with Crippen molar-refractivity contribution in [1.82, 2.24) is 5.32 Å². The fourth-order valence-electron chi connectivity index (χ4n) is 4.61. The number of rotatable bonds is 10. The lowest BCUT2D eigenvalue weighted by Crippen LogP contribution is -2.30. The zero-order valence-corrected chi connectivity index (χ0v) is 25.8. The molecule has 224 valence electrons. The Kier molecular flexibility index (Phi) is 10.2. The number of hydrogen-bond acceptors (Lipinski definition) is 4. The van der Waals surface area contributed by atoms with E-state index in [0.717, 1.165) is 32.8 Å². The van der Waals surface area contributed by atoms with Gasteiger partial charge in [0.2, 0.25) is 5.91 Å². The Morgan fingerprint density at radius 1 is 0.689 bits per heavy atom. The van der Waals surface area contributed by atoms with Crippen molar-refractivity contribution in [1.29, 1.82) is 0 Å². The first kappa shape index (κ1) is 31.0. The molecule has 6 nitrogen and oxygen atoms in total. The molecule has 0 aliphatic heterocycles. The van der Waals surface area contributed by atoms with E-state index in [0.29, 0.717) is 11.3 Å². The van der Waals surface area contributed by atoms with Crippen LogP contribution in [-0.2, 0) is 9.59 Å². The first-order valence-corrected chi connectivity index (χ1v) is 15.4. The predicted molar refractivity (Wildman–Crippen MR) is 183 cm³/mol. The van der Waals surface area contributed by atoms with Crippen molar-refractivity contribution in [2.75, 3.05) is 10.6 Å². The molecule has 3 amide bonds. The quantitative estimate of drug-likeness (QED) is 0.110. The van der Waals surface area contributed by atoms with Gasteiger partial charge in [0.15, 0.2) is 0 Å². The van der Waals surface area contributed by atoms with Gasteiger partial charge in [-0.1, -0.05) is 97.1 Å². The normalized spacial score (nSPS) is 11.7. The second-order valence-corrected chi connectivity index (χ2v) is 11.7. The summed E-state index contributed by atoms with van der Waals surface area (Å²) in [5.74, 6) is -1.01. The van der Waals surface area contributed by atoms with Gasteiger partial charge in [-0.05, 0) is 78.6 Å². The highest BCUT2D eigenvalue weighted by molar-refractivity contribution is 8.00. The third-order valence-electron chi connectivity index (χ3n) is 6.98. The summed E-state index contributed by atoms with van der Waals surface area (Å²) in [6.07, 6.45) is 1.64. The lowest BCUT2D eigenvalue weighted by molar-refractivity contribution is -0.116. The van der Waals surface area contributed by atoms with Gasteiger partial charge >= 0.3 is 0 Å². The molecule has 1 atom stereocenters. The van der Waals surface area contributed by atoms with Crippen molar-refractivity contribution < 1.29 is 14.4 Å². The molecule has 5 rings (SSSR count). The van der Waals surface area contributed by atoms with Gasteiger partial charge in [0.25, 0.3) is 11.8 Å². The molecule has 0 saturated carbocycles. The largest absolute Gasteiger partial charge is 0.325 e. The summed E-state index contributed by atoms with van der Waals surface area (Å²) in [5.41, 5.74) is 5.50. The molecule has 3 N–H and O–H groups in total. The van der Waals surface area contributed by atoms with E-state index in [9.17, 15) is 14.4 Å². The number of aryl methyl sites for hydroxylation is 2. The topological polar surface area (TPSA) is 87.3 Å². The third-order valence-corrected chi connectivity index (χ3v) is 8.22. The van der Waals surface area contributed by atoms with Gasteiger partial charge < -0.3 is 16.0 Å². The molecule has 0 saturated heterocycles. The lowest BCUT2D eigenvalue weighted by atomic mass is 10.1. The molecule has 1 unspecified atom stereocenters. The first-order valence-electron chi connectivity index (χ1n) is 14.5. The van der Waals surface area contributed by atoms with Crippen molar-refractivity contribution in [3.63, 3.8) is 0 Å². The second-order valence-electron chi connectivity index (χ2n) is 10.5. The van der Waals surface area contributed by atoms with Crippen LogP contribution in [0.15, 0.2) is 144 Å². The van der Waals surface area contributed by atoms with E-state index in [1.807, 2.05) is 117 Å². The van der Waals surface area contributed by atoms with Crippen LogP contribution in [0.1, 0.15) is 37.9 Å². The van der Waals surface area contributed by atoms with Crippen LogP contribution in [0.4, 0.5) is 11.4 Å². The third kappa shape index (κ3) is 8.59. The van der Waals surface area contributed by atoms with E-state index >= 15 is 0 Å². The lowest BCUT2D eigenvalue weighted by Gasteiger charge is -2.19. The smallest absolute Gasteiger partial charge is 0.272 e. The Bertz CT molecular complexity index is 1820. The van der Waals surface area contributed by atoms with Crippen LogP contribution in [0.5, 0.6) is 0 Å². The summed E-state index contributed by atoms with van der Waals surface area (Å²) in [7, 11) is 0. The molecule has 0 fully saturated rings. The molecule has 5 aromatic rings. The number of thioether (sulfide) groups is 1. The summed E-state index contributed by atoms with van der Waals surface area (Å²) in [4.78, 5) is 41.0. The highest BCUT2D eigenvalue weighted by Gasteiger charge is 2.23. The van der Waals surface area contributed by atoms with E-state index in [1.165, 1.54) is 11.8 Å². The monoisotopic (exact) mass is 611 g/mol. The maximum absolute atomic E-state index is 13.7. The fourth-order valence-corrected chi connectivity index (χ4v) is 5.69. The van der Waals surface area contributed by atoms with Crippen LogP contribution in [0, 0.1) is 13.8 Å². The highest BCUT2D eigenvalue weighted by Crippen LogP contribution is 2.37. The number of carbonyl (C=O) groups excluding carboxylic acids is 3. The minimum Gasteiger partial charge on any atom is -0.325 e. The molecule has 0 aliphatic carbocycles. The minimum atomic E-state index is -0.546. The van der Waals surface area contributed by atoms with E-state index in [-0.39, 0.29) is 11.6 Å². The van der Waals surface area contributed by atoms with Crippen LogP contribution in [0.25, 0.3) is 6.08 Å². The highest BCUT2D eigenvalue weighted by atomic mass is 32.2. The molecule has 45 heavy (non-hydrogen) atoms. The van der Waals surface area contributed by atoms with E-state index < -0.39 is 17.1 Å². The zero-order valence-electron chi connectivity index (χ0n) is 25.0. The number of carbonyl (C=O) groups is 3. The Morgan fingerprint density at radius 2 is 1.36 bits per heavy atom. The molecule has 0 aromatic heterocycles. The molecule has 7 heteroatoms. The number of hydrogen-bond donors (Lipinski definition) is 3. The summed E-state index contributed by atoms with van der Waals surface area (Å²) in [6.45, 7) is 3.96. The van der Waals surface area contributed by atoms with E-state index in [4.69, 9.17) is 0 Å². The molecular weight excluding hydrogens is 579 g/mol. The maximum Gasteiger partial charge on any atom is 0.272 e. The van der Waals surface area contributed by atoms with Crippen molar-refractivity contribution >= 4 is 46.9 Å². The molecular formula is C38H33N3O3S. The van der Waals surface area contributed by atoms with Crippen LogP contribution >= 0.6 is 11.8 Å². The van der Waals surface area contributed by atoms with Crippen LogP contribution < -0.4 is 16.0 Å². The van der Waals surface area contributed by atoms with Crippen LogP contribution in [-0.4, -0.2) is 17.7 Å². The van der Waals surface area contributed by atoms with Gasteiger partial charge in [-0.15, -0.1) is 11.8 Å². The number of amides is 3. The summed E-state index contributed by atoms with van der Waals surface area (Å²) in [5, 5.41) is 8.25. The van der Waals surface area contributed by atoms with Crippen molar-refractivity contribution in [2.45, 2.75) is 24.0 Å². The summed E-state index contributed by atoms with van der Waals surface area (Å²) >= 11 is 1.39. The van der Waals surface area contributed by atoms with Crippen LogP contribution in [0.3, 0.4) is 0 Å². The summed E-state index contributed by atoms with van der Waals surface area (Å²) in [6, 6.07) is 40.9. The van der Waals surface area contributed by atoms with Gasteiger partial charge in [-0.3, -0.25) is 14.4 Å². The SMILES string of the molecule is Cc1ccc(C)c(NC(=O)C(Sc2cccc(NC(=O)/C(=C/c3ccccc3)NC(=O)c3ccccc3)c2)c2ccccc2)c1. The number of nitrogens with one attached hydrogen (secondary N) is 3. The molecule has 0 bridgehead atoms. The average Bonchev–Trinajstić information content (AvgIpc) is 3.06. The van der Waals surface area contributed by atoms with Crippen molar-refractivity contribution in [3.05, 3.63) is 167 Å². The second kappa shape index (κ2) is 14.9. The number of anilines is 2. The minimum absolute atomic E-state index is 0.100. The number of benzene rings is 5. The Balaban J connectivity index is 1.37. The summed E-state index contributed by atoms with van der Waals surface area (Å²) < 4.78 is 0. The van der Waals surface area contributed by atoms with Crippen molar-refractivity contribution in [2.24, 2.45) is 0 Å². The zero-order chi connectivity index (χ0) is 31.6. The standard InChI is InChI=1S/C38H33N3O3S/c1-26-21-22-27(2)33(23-26)40-38(44)35(29-15-8-4-9-16-29)45-32-20-12-19-31(25-32)39-37(43)34(24-28-13-6-3-7-14-28)41-36(42)30-17-10-5-11-18-30/h3-25,35H,1-2H3,(H,39,43)(H,40,44)(H,41,42)/b34-24-. The van der Waals surface area contributed by atoms with Gasteiger partial charge in [0, 0.05) is 21.8 Å². The molecule has 5 aromatic carbocycles. The average molecular weight is 612 g/mol. The van der Waals surface area contributed by atoms with Crippen molar-refractivity contribution in [3.8, 4) is 0 Å². The van der Waals surface area contributed by atoms with E-state index in [2.05, 4.69) is 16.0 Å². The molecule has 0 radical (unpaired) electrons. The maximum atomic E-state index is 13.7. The molecule has 0 spiro atoms. The van der Waals surface area contributed by atoms with Gasteiger partial charge in [-0.2, -0.15) is 0 Å². The fraction of sp³-hybridized carbons (Fsp3) is 0.0789. The Hall–Kier alpha value is -5.40. The molecule has 0 aliphatic rings. The Labute approximate surface area is 267 Å². The first-order chi connectivity index (χ1) is 21.9.